The van der Waals surface area contributed by atoms with E-state index in [1.807, 2.05) is 82.4 Å². The molecule has 184 valence electrons. The number of para-hydroxylation sites is 1. The minimum Gasteiger partial charge on any atom is -0.334 e. The Morgan fingerprint density at radius 3 is 2.27 bits per heavy atom. The second kappa shape index (κ2) is 9.82. The molecule has 0 aliphatic carbocycles. The summed E-state index contributed by atoms with van der Waals surface area (Å²) in [6.07, 6.45) is 2.85. The fourth-order valence-corrected chi connectivity index (χ4v) is 5.21. The van der Waals surface area contributed by atoms with Crippen molar-refractivity contribution in [3.05, 3.63) is 137 Å². The lowest BCUT2D eigenvalue weighted by Crippen LogP contribution is -2.41. The lowest BCUT2D eigenvalue weighted by molar-refractivity contribution is 0.180. The van der Waals surface area contributed by atoms with Gasteiger partial charge in [0.15, 0.2) is 0 Å². The standard InChI is InChI=1S/C31H29N5O/c1-2-27-26-22-35(31(37)32-21-23-13-6-3-7-14-23)29(24-15-8-4-9-16-24)28-19-12-20-34(28)30(26)36(33-27)25-17-10-5-11-18-25/h3-20,29H,2,21-22H2,1H3,(H,32,37). The molecule has 0 spiro atoms. The van der Waals surface area contributed by atoms with Crippen LogP contribution < -0.4 is 5.32 Å². The molecule has 2 aromatic heterocycles. The van der Waals surface area contributed by atoms with Crippen LogP contribution in [0.5, 0.6) is 0 Å². The van der Waals surface area contributed by atoms with Crippen molar-refractivity contribution in [1.29, 1.82) is 0 Å². The molecule has 0 radical (unpaired) electrons. The Morgan fingerprint density at radius 2 is 1.57 bits per heavy atom. The number of aryl methyl sites for hydroxylation is 1. The van der Waals surface area contributed by atoms with Crippen LogP contribution in [-0.2, 0) is 19.5 Å². The SMILES string of the molecule is CCc1nn(-c2ccccc2)c2c1CN(C(=O)NCc1ccccc1)C(c1ccccc1)c1cccn1-2. The number of nitrogens with zero attached hydrogens (tertiary/aromatic N) is 4. The van der Waals surface area contributed by atoms with Crippen LogP contribution in [0.1, 0.15) is 41.0 Å². The van der Waals surface area contributed by atoms with E-state index in [-0.39, 0.29) is 12.1 Å². The Balaban J connectivity index is 1.50. The van der Waals surface area contributed by atoms with Crippen LogP contribution in [0.4, 0.5) is 4.79 Å². The second-order valence-electron chi connectivity index (χ2n) is 9.24. The number of benzene rings is 3. The van der Waals surface area contributed by atoms with Gasteiger partial charge in [0.25, 0.3) is 0 Å². The van der Waals surface area contributed by atoms with Crippen molar-refractivity contribution in [3.8, 4) is 11.5 Å². The highest BCUT2D eigenvalue weighted by Gasteiger charge is 2.36. The first kappa shape index (κ1) is 22.9. The van der Waals surface area contributed by atoms with Crippen LogP contribution in [0.25, 0.3) is 11.5 Å². The molecule has 0 saturated carbocycles. The van der Waals surface area contributed by atoms with Crippen molar-refractivity contribution >= 4 is 6.03 Å². The summed E-state index contributed by atoms with van der Waals surface area (Å²) < 4.78 is 4.22. The Bertz CT molecular complexity index is 1510. The van der Waals surface area contributed by atoms with Crippen molar-refractivity contribution in [2.45, 2.75) is 32.5 Å². The summed E-state index contributed by atoms with van der Waals surface area (Å²) >= 11 is 0. The van der Waals surface area contributed by atoms with E-state index in [9.17, 15) is 4.79 Å². The molecule has 1 N–H and O–H groups in total. The summed E-state index contributed by atoms with van der Waals surface area (Å²) in [5, 5.41) is 8.20. The molecule has 1 unspecified atom stereocenters. The molecule has 6 nitrogen and oxygen atoms in total. The number of nitrogens with one attached hydrogen (secondary N) is 1. The predicted octanol–water partition coefficient (Wildman–Crippen LogP) is 6.04. The van der Waals surface area contributed by atoms with Gasteiger partial charge in [0.05, 0.1) is 29.7 Å². The van der Waals surface area contributed by atoms with E-state index in [4.69, 9.17) is 5.10 Å². The van der Waals surface area contributed by atoms with Crippen LogP contribution in [0.3, 0.4) is 0 Å². The number of hydrogen-bond acceptors (Lipinski definition) is 2. The van der Waals surface area contributed by atoms with Gasteiger partial charge in [-0.3, -0.25) is 0 Å². The molecule has 1 aliphatic rings. The molecule has 5 aromatic rings. The van der Waals surface area contributed by atoms with Gasteiger partial charge in [-0.05, 0) is 41.8 Å². The predicted molar refractivity (Wildman–Crippen MR) is 145 cm³/mol. The monoisotopic (exact) mass is 487 g/mol. The normalized spacial score (nSPS) is 14.5. The van der Waals surface area contributed by atoms with Gasteiger partial charge in [0, 0.05) is 18.3 Å². The van der Waals surface area contributed by atoms with Crippen LogP contribution in [0.2, 0.25) is 0 Å². The molecule has 1 aliphatic heterocycles. The van der Waals surface area contributed by atoms with E-state index in [0.717, 1.165) is 46.0 Å². The molecule has 3 aromatic carbocycles. The fourth-order valence-electron chi connectivity index (χ4n) is 5.21. The molecule has 1 atom stereocenters. The largest absolute Gasteiger partial charge is 0.334 e. The molecular weight excluding hydrogens is 458 g/mol. The molecule has 0 saturated heterocycles. The van der Waals surface area contributed by atoms with Crippen LogP contribution in [0, 0.1) is 0 Å². The lowest BCUT2D eigenvalue weighted by atomic mass is 10.0. The quantitative estimate of drug-likeness (QED) is 0.329. The average molecular weight is 488 g/mol. The smallest absolute Gasteiger partial charge is 0.318 e. The van der Waals surface area contributed by atoms with Gasteiger partial charge in [-0.25, -0.2) is 9.48 Å². The first-order chi connectivity index (χ1) is 18.2. The third-order valence-electron chi connectivity index (χ3n) is 6.97. The van der Waals surface area contributed by atoms with Gasteiger partial charge in [0.1, 0.15) is 5.82 Å². The van der Waals surface area contributed by atoms with E-state index in [1.54, 1.807) is 0 Å². The van der Waals surface area contributed by atoms with E-state index in [0.29, 0.717) is 13.1 Å². The number of urea groups is 1. The zero-order valence-corrected chi connectivity index (χ0v) is 20.8. The van der Waals surface area contributed by atoms with E-state index in [2.05, 4.69) is 53.3 Å². The van der Waals surface area contributed by atoms with E-state index >= 15 is 0 Å². The minimum atomic E-state index is -0.256. The van der Waals surface area contributed by atoms with E-state index < -0.39 is 0 Å². The Kier molecular flexibility index (Phi) is 6.06. The number of rotatable bonds is 5. The maximum Gasteiger partial charge on any atom is 0.318 e. The maximum absolute atomic E-state index is 13.9. The summed E-state index contributed by atoms with van der Waals surface area (Å²) in [5.74, 6) is 0.988. The first-order valence-corrected chi connectivity index (χ1v) is 12.7. The molecular formula is C31H29N5O. The zero-order chi connectivity index (χ0) is 25.2. The summed E-state index contributed by atoms with van der Waals surface area (Å²) in [5.41, 5.74) is 6.22. The third-order valence-corrected chi connectivity index (χ3v) is 6.97. The Morgan fingerprint density at radius 1 is 0.892 bits per heavy atom. The number of amides is 2. The molecule has 6 heteroatoms. The Labute approximate surface area is 216 Å². The number of carbonyl (C=O) groups is 1. The highest BCUT2D eigenvalue weighted by Crippen LogP contribution is 2.38. The number of hydrogen-bond donors (Lipinski definition) is 1. The highest BCUT2D eigenvalue weighted by atomic mass is 16.2. The molecule has 6 rings (SSSR count). The fraction of sp³-hybridized carbons (Fsp3) is 0.161. The van der Waals surface area contributed by atoms with Crippen LogP contribution in [0.15, 0.2) is 109 Å². The summed E-state index contributed by atoms with van der Waals surface area (Å²) in [4.78, 5) is 15.9. The van der Waals surface area contributed by atoms with Crippen molar-refractivity contribution < 1.29 is 4.79 Å². The van der Waals surface area contributed by atoms with Gasteiger partial charge >= 0.3 is 6.03 Å². The van der Waals surface area contributed by atoms with Gasteiger partial charge in [-0.2, -0.15) is 5.10 Å². The van der Waals surface area contributed by atoms with Crippen molar-refractivity contribution in [1.82, 2.24) is 24.6 Å². The van der Waals surface area contributed by atoms with Crippen molar-refractivity contribution in [3.63, 3.8) is 0 Å². The minimum absolute atomic E-state index is 0.104. The number of aromatic nitrogens is 3. The second-order valence-corrected chi connectivity index (χ2v) is 9.24. The highest BCUT2D eigenvalue weighted by molar-refractivity contribution is 5.76. The molecule has 37 heavy (non-hydrogen) atoms. The Hall–Kier alpha value is -4.58. The summed E-state index contributed by atoms with van der Waals surface area (Å²) in [7, 11) is 0. The van der Waals surface area contributed by atoms with Gasteiger partial charge in [-0.1, -0.05) is 85.8 Å². The van der Waals surface area contributed by atoms with Crippen LogP contribution in [-0.4, -0.2) is 25.3 Å². The van der Waals surface area contributed by atoms with Crippen molar-refractivity contribution in [2.24, 2.45) is 0 Å². The molecule has 2 amide bonds. The summed E-state index contributed by atoms with van der Waals surface area (Å²) in [6, 6.07) is 34.3. The number of carbonyl (C=O) groups excluding carboxylic acids is 1. The average Bonchev–Trinajstić information content (AvgIpc) is 3.54. The van der Waals surface area contributed by atoms with Crippen molar-refractivity contribution in [2.75, 3.05) is 0 Å². The van der Waals surface area contributed by atoms with E-state index in [1.165, 1.54) is 0 Å². The van der Waals surface area contributed by atoms with Crippen LogP contribution >= 0.6 is 0 Å². The number of fused-ring (bicyclic) bond motifs is 3. The van der Waals surface area contributed by atoms with Gasteiger partial charge in [-0.15, -0.1) is 0 Å². The molecule has 3 heterocycles. The molecule has 0 bridgehead atoms. The van der Waals surface area contributed by atoms with Gasteiger partial charge in [0.2, 0.25) is 0 Å². The third kappa shape index (κ3) is 4.20. The summed E-state index contributed by atoms with van der Waals surface area (Å²) in [6.45, 7) is 3.04. The zero-order valence-electron chi connectivity index (χ0n) is 20.8. The topological polar surface area (TPSA) is 55.1 Å². The maximum atomic E-state index is 13.9. The first-order valence-electron chi connectivity index (χ1n) is 12.7. The molecule has 0 fully saturated rings. The van der Waals surface area contributed by atoms with Gasteiger partial charge < -0.3 is 14.8 Å². The lowest BCUT2D eigenvalue weighted by Gasteiger charge is -2.31.